The van der Waals surface area contributed by atoms with Gasteiger partial charge in [0.15, 0.2) is 6.04 Å². The molecule has 32 heavy (non-hydrogen) atoms. The number of nitrogens with one attached hydrogen (secondary N) is 2. The van der Waals surface area contributed by atoms with Gasteiger partial charge in [0.2, 0.25) is 12.3 Å². The maximum Gasteiger partial charge on any atom is 0.304 e. The third kappa shape index (κ3) is 4.51. The van der Waals surface area contributed by atoms with E-state index in [9.17, 15) is 14.0 Å². The lowest BCUT2D eigenvalue weighted by Gasteiger charge is -2.15. The van der Waals surface area contributed by atoms with Gasteiger partial charge in [-0.25, -0.2) is 4.39 Å². The highest BCUT2D eigenvalue weighted by Gasteiger charge is 2.47. The molecule has 1 aliphatic rings. The van der Waals surface area contributed by atoms with Crippen LogP contribution in [-0.2, 0) is 4.79 Å². The number of hydrazine groups is 1. The second kappa shape index (κ2) is 9.01. The Morgan fingerprint density at radius 2 is 1.81 bits per heavy atom. The number of halogens is 1. The number of hydrogen-bond donors (Lipinski definition) is 2. The van der Waals surface area contributed by atoms with E-state index in [-0.39, 0.29) is 11.5 Å². The SMILES string of the molecule is COc1cccc(C=[N+]2NC(=O)C(NC(=O)c3ccc(F)cc3)C2c2ccc(C)cc2)c1. The first-order valence-corrected chi connectivity index (χ1v) is 10.2. The number of nitrogens with zero attached hydrogens (tertiary/aromatic N) is 1. The van der Waals surface area contributed by atoms with Crippen molar-refractivity contribution in [3.8, 4) is 5.75 Å². The molecule has 2 atom stereocenters. The zero-order valence-corrected chi connectivity index (χ0v) is 17.7. The highest BCUT2D eigenvalue weighted by molar-refractivity contribution is 5.98. The summed E-state index contributed by atoms with van der Waals surface area (Å²) in [5.41, 5.74) is 5.89. The number of hydrazone groups is 1. The Bertz CT molecular complexity index is 1170. The number of benzene rings is 3. The zero-order valence-electron chi connectivity index (χ0n) is 17.7. The Balaban J connectivity index is 1.70. The van der Waals surface area contributed by atoms with Gasteiger partial charge in [0.25, 0.3) is 5.91 Å². The standard InChI is InChI=1S/C25H22FN3O3/c1-16-6-8-18(9-7-16)23-22(27-24(30)19-10-12-20(26)13-11-19)25(31)28-29(23)15-17-4-3-5-21(14-17)32-2/h3-15,22-23H,1-2H3,(H-,27,28,30,31)/p+1. The second-order valence-electron chi connectivity index (χ2n) is 7.60. The lowest BCUT2D eigenvalue weighted by molar-refractivity contribution is -0.596. The third-order valence-electron chi connectivity index (χ3n) is 5.33. The molecule has 3 aromatic rings. The van der Waals surface area contributed by atoms with Crippen molar-refractivity contribution in [3.05, 3.63) is 101 Å². The van der Waals surface area contributed by atoms with Crippen molar-refractivity contribution in [1.82, 2.24) is 10.7 Å². The summed E-state index contributed by atoms with van der Waals surface area (Å²) in [6.45, 7) is 1.98. The molecular weight excluding hydrogens is 409 g/mol. The Labute approximate surface area is 185 Å². The summed E-state index contributed by atoms with van der Waals surface area (Å²) in [4.78, 5) is 25.7. The molecule has 7 heteroatoms. The Morgan fingerprint density at radius 3 is 2.50 bits per heavy atom. The monoisotopic (exact) mass is 432 g/mol. The minimum atomic E-state index is -0.850. The Hall–Kier alpha value is -4.00. The van der Waals surface area contributed by atoms with Crippen LogP contribution in [0.15, 0.2) is 72.8 Å². The molecule has 162 valence electrons. The number of methoxy groups -OCH3 is 1. The van der Waals surface area contributed by atoms with Crippen molar-refractivity contribution >= 4 is 18.0 Å². The number of carbonyl (C=O) groups excluding carboxylic acids is 2. The Kier molecular flexibility index (Phi) is 5.98. The van der Waals surface area contributed by atoms with E-state index in [0.29, 0.717) is 5.75 Å². The van der Waals surface area contributed by atoms with E-state index < -0.39 is 23.8 Å². The number of rotatable bonds is 5. The fraction of sp³-hybridized carbons (Fsp3) is 0.160. The number of amides is 2. The van der Waals surface area contributed by atoms with Gasteiger partial charge in [-0.3, -0.25) is 9.59 Å². The third-order valence-corrected chi connectivity index (χ3v) is 5.33. The first kappa shape index (κ1) is 21.2. The largest absolute Gasteiger partial charge is 0.497 e. The molecule has 0 saturated carbocycles. The van der Waals surface area contributed by atoms with E-state index in [1.165, 1.54) is 24.3 Å². The molecule has 6 nitrogen and oxygen atoms in total. The van der Waals surface area contributed by atoms with Crippen LogP contribution in [0.3, 0.4) is 0 Å². The Morgan fingerprint density at radius 1 is 1.09 bits per heavy atom. The van der Waals surface area contributed by atoms with Gasteiger partial charge in [-0.15, -0.1) is 10.1 Å². The van der Waals surface area contributed by atoms with Crippen LogP contribution in [0.5, 0.6) is 5.75 Å². The van der Waals surface area contributed by atoms with Crippen LogP contribution in [0.25, 0.3) is 0 Å². The van der Waals surface area contributed by atoms with Gasteiger partial charge in [0.1, 0.15) is 11.6 Å². The molecule has 2 N–H and O–H groups in total. The normalized spacial score (nSPS) is 19.0. The number of carbonyl (C=O) groups is 2. The zero-order chi connectivity index (χ0) is 22.7. The van der Waals surface area contributed by atoms with Crippen LogP contribution in [0.2, 0.25) is 0 Å². The maximum atomic E-state index is 13.2. The van der Waals surface area contributed by atoms with Crippen molar-refractivity contribution in [2.24, 2.45) is 0 Å². The topological polar surface area (TPSA) is 70.4 Å². The van der Waals surface area contributed by atoms with Crippen LogP contribution in [0.4, 0.5) is 4.39 Å². The van der Waals surface area contributed by atoms with E-state index in [4.69, 9.17) is 4.74 Å². The quantitative estimate of drug-likeness (QED) is 0.609. The number of hydrogen-bond acceptors (Lipinski definition) is 3. The van der Waals surface area contributed by atoms with E-state index in [1.54, 1.807) is 18.0 Å². The molecule has 0 bridgehead atoms. The van der Waals surface area contributed by atoms with Crippen molar-refractivity contribution in [2.75, 3.05) is 7.11 Å². The van der Waals surface area contributed by atoms with Crippen LogP contribution in [0.1, 0.15) is 33.1 Å². The van der Waals surface area contributed by atoms with Crippen molar-refractivity contribution in [3.63, 3.8) is 0 Å². The van der Waals surface area contributed by atoms with Gasteiger partial charge in [0, 0.05) is 16.7 Å². The van der Waals surface area contributed by atoms with Crippen LogP contribution < -0.4 is 15.5 Å². The highest BCUT2D eigenvalue weighted by atomic mass is 19.1. The molecule has 0 spiro atoms. The highest BCUT2D eigenvalue weighted by Crippen LogP contribution is 2.26. The average Bonchev–Trinajstić information content (AvgIpc) is 3.09. The van der Waals surface area contributed by atoms with Gasteiger partial charge in [-0.05, 0) is 49.4 Å². The molecule has 0 aliphatic carbocycles. The summed E-state index contributed by atoms with van der Waals surface area (Å²) >= 11 is 0. The summed E-state index contributed by atoms with van der Waals surface area (Å²) in [6, 6.07) is 19.1. The number of aryl methyl sites for hydroxylation is 1. The minimum absolute atomic E-state index is 0.275. The molecule has 2 unspecified atom stereocenters. The van der Waals surface area contributed by atoms with E-state index in [2.05, 4.69) is 10.7 Å². The lowest BCUT2D eigenvalue weighted by atomic mass is 9.98. The molecule has 4 rings (SSSR count). The van der Waals surface area contributed by atoms with Crippen LogP contribution >= 0.6 is 0 Å². The van der Waals surface area contributed by atoms with Gasteiger partial charge in [-0.1, -0.05) is 35.9 Å². The molecule has 2 amide bonds. The molecule has 1 saturated heterocycles. The summed E-state index contributed by atoms with van der Waals surface area (Å²) in [5, 5.41) is 2.81. The fourth-order valence-electron chi connectivity index (χ4n) is 3.65. The molecule has 1 fully saturated rings. The molecule has 0 radical (unpaired) electrons. The van der Waals surface area contributed by atoms with Crippen molar-refractivity contribution < 1.29 is 23.4 Å². The fourth-order valence-corrected chi connectivity index (χ4v) is 3.65. The second-order valence-corrected chi connectivity index (χ2v) is 7.60. The predicted octanol–water partition coefficient (Wildman–Crippen LogP) is 3.16. The summed E-state index contributed by atoms with van der Waals surface area (Å²) < 4.78 is 20.2. The minimum Gasteiger partial charge on any atom is -0.497 e. The average molecular weight is 432 g/mol. The number of ether oxygens (including phenoxy) is 1. The molecular formula is C25H23FN3O3+. The summed E-state index contributed by atoms with van der Waals surface area (Å²) in [7, 11) is 1.59. The molecule has 0 aromatic heterocycles. The maximum absolute atomic E-state index is 13.2. The van der Waals surface area contributed by atoms with Gasteiger partial charge in [0.05, 0.1) is 7.11 Å². The predicted molar refractivity (Wildman–Crippen MR) is 118 cm³/mol. The summed E-state index contributed by atoms with van der Waals surface area (Å²) in [6.07, 6.45) is 1.80. The van der Waals surface area contributed by atoms with Crippen LogP contribution in [0, 0.1) is 12.7 Å². The molecule has 3 aromatic carbocycles. The van der Waals surface area contributed by atoms with E-state index in [1.807, 2.05) is 55.5 Å². The smallest absolute Gasteiger partial charge is 0.304 e. The summed E-state index contributed by atoms with van der Waals surface area (Å²) in [5.74, 6) is -0.537. The van der Waals surface area contributed by atoms with Gasteiger partial charge >= 0.3 is 5.91 Å². The first-order chi connectivity index (χ1) is 15.4. The van der Waals surface area contributed by atoms with Gasteiger partial charge < -0.3 is 10.1 Å². The van der Waals surface area contributed by atoms with Gasteiger partial charge in [-0.2, -0.15) is 0 Å². The van der Waals surface area contributed by atoms with Crippen molar-refractivity contribution in [2.45, 2.75) is 19.0 Å². The van der Waals surface area contributed by atoms with E-state index in [0.717, 1.165) is 16.7 Å². The molecule has 1 heterocycles. The lowest BCUT2D eigenvalue weighted by Crippen LogP contribution is -2.42. The first-order valence-electron chi connectivity index (χ1n) is 10.2. The molecule has 1 aliphatic heterocycles. The van der Waals surface area contributed by atoms with Crippen LogP contribution in [-0.4, -0.2) is 35.9 Å². The van der Waals surface area contributed by atoms with Crippen molar-refractivity contribution in [1.29, 1.82) is 0 Å². The van der Waals surface area contributed by atoms with E-state index >= 15 is 0 Å².